The molecule has 0 atom stereocenters. The Balaban J connectivity index is 2.64. The summed E-state index contributed by atoms with van der Waals surface area (Å²) in [4.78, 5) is 2.37. The highest BCUT2D eigenvalue weighted by atomic mass is 15.2. The Kier molecular flexibility index (Phi) is 1.62. The van der Waals surface area contributed by atoms with Crippen molar-refractivity contribution in [3.05, 3.63) is 12.2 Å². The van der Waals surface area contributed by atoms with Gasteiger partial charge in [0, 0.05) is 12.1 Å². The smallest absolute Gasteiger partial charge is 0.0187 e. The van der Waals surface area contributed by atoms with Crippen LogP contribution < -0.4 is 0 Å². The van der Waals surface area contributed by atoms with Crippen molar-refractivity contribution in [1.82, 2.24) is 4.90 Å². The maximum absolute atomic E-state index is 2.37. The number of hydrogen-bond acceptors (Lipinski definition) is 1. The summed E-state index contributed by atoms with van der Waals surface area (Å²) in [6.45, 7) is 5.65. The summed E-state index contributed by atoms with van der Waals surface area (Å²) in [5, 5.41) is 0. The highest BCUT2D eigenvalue weighted by molar-refractivity contribution is 4.99. The molecule has 52 valence electrons. The molecule has 0 bridgehead atoms. The van der Waals surface area contributed by atoms with E-state index in [0.29, 0.717) is 5.54 Å². The highest BCUT2D eigenvalue weighted by Crippen LogP contribution is 2.20. The lowest BCUT2D eigenvalue weighted by atomic mass is 9.96. The van der Waals surface area contributed by atoms with E-state index in [2.05, 4.69) is 37.9 Å². The molecule has 0 radical (unpaired) electrons. The Labute approximate surface area is 57.4 Å². The van der Waals surface area contributed by atoms with Gasteiger partial charge in [-0.05, 0) is 27.3 Å². The lowest BCUT2D eigenvalue weighted by Gasteiger charge is -2.36. The van der Waals surface area contributed by atoms with Crippen LogP contribution >= 0.6 is 0 Å². The molecule has 1 heteroatoms. The quantitative estimate of drug-likeness (QED) is 0.445. The molecule has 1 nitrogen and oxygen atoms in total. The Morgan fingerprint density at radius 1 is 1.33 bits per heavy atom. The molecule has 1 rings (SSSR count). The largest absolute Gasteiger partial charge is 0.297 e. The van der Waals surface area contributed by atoms with Crippen LogP contribution in [0.4, 0.5) is 0 Å². The first-order valence-corrected chi connectivity index (χ1v) is 3.49. The fourth-order valence-electron chi connectivity index (χ4n) is 1.01. The Morgan fingerprint density at radius 2 is 2.00 bits per heavy atom. The van der Waals surface area contributed by atoms with E-state index < -0.39 is 0 Å². The summed E-state index contributed by atoms with van der Waals surface area (Å²) in [5.74, 6) is 0. The minimum atomic E-state index is 0.384. The molecule has 0 fully saturated rings. The van der Waals surface area contributed by atoms with Gasteiger partial charge in [-0.2, -0.15) is 0 Å². The molecule has 0 unspecified atom stereocenters. The highest BCUT2D eigenvalue weighted by Gasteiger charge is 2.22. The molecule has 0 aromatic rings. The lowest BCUT2D eigenvalue weighted by Crippen LogP contribution is -2.42. The second kappa shape index (κ2) is 2.14. The van der Waals surface area contributed by atoms with E-state index in [4.69, 9.17) is 0 Å². The summed E-state index contributed by atoms with van der Waals surface area (Å²) < 4.78 is 0. The number of rotatable bonds is 0. The van der Waals surface area contributed by atoms with E-state index in [1.54, 1.807) is 0 Å². The molecular weight excluding hydrogens is 110 g/mol. The van der Waals surface area contributed by atoms with Gasteiger partial charge in [0.05, 0.1) is 0 Å². The molecule has 1 heterocycles. The van der Waals surface area contributed by atoms with Gasteiger partial charge in [-0.25, -0.2) is 0 Å². The van der Waals surface area contributed by atoms with Crippen LogP contribution in [-0.4, -0.2) is 24.0 Å². The average molecular weight is 125 g/mol. The fraction of sp³-hybridized carbons (Fsp3) is 0.750. The van der Waals surface area contributed by atoms with Crippen molar-refractivity contribution in [2.45, 2.75) is 25.8 Å². The predicted molar refractivity (Wildman–Crippen MR) is 40.5 cm³/mol. The van der Waals surface area contributed by atoms with Crippen molar-refractivity contribution < 1.29 is 0 Å². The van der Waals surface area contributed by atoms with Crippen LogP contribution in [0.3, 0.4) is 0 Å². The molecule has 0 aromatic carbocycles. The van der Waals surface area contributed by atoms with Gasteiger partial charge in [-0.1, -0.05) is 12.2 Å². The minimum Gasteiger partial charge on any atom is -0.297 e. The van der Waals surface area contributed by atoms with E-state index in [1.165, 1.54) is 6.42 Å². The third kappa shape index (κ3) is 1.33. The Morgan fingerprint density at radius 3 is 2.33 bits per heavy atom. The van der Waals surface area contributed by atoms with Crippen LogP contribution in [0, 0.1) is 0 Å². The second-order valence-electron chi connectivity index (χ2n) is 3.37. The van der Waals surface area contributed by atoms with Crippen LogP contribution in [0.15, 0.2) is 12.2 Å². The van der Waals surface area contributed by atoms with Crippen molar-refractivity contribution in [2.75, 3.05) is 13.6 Å². The summed E-state index contributed by atoms with van der Waals surface area (Å²) >= 11 is 0. The number of hydrogen-bond donors (Lipinski definition) is 0. The standard InChI is InChI=1S/C8H15N/c1-8(2)6-4-5-7-9(8)3/h4-5H,6-7H2,1-3H3. The van der Waals surface area contributed by atoms with E-state index in [1.807, 2.05) is 0 Å². The first-order valence-electron chi connectivity index (χ1n) is 3.49. The molecule has 0 aliphatic carbocycles. The van der Waals surface area contributed by atoms with Gasteiger partial charge in [0.15, 0.2) is 0 Å². The fourth-order valence-corrected chi connectivity index (χ4v) is 1.01. The third-order valence-electron chi connectivity index (χ3n) is 2.20. The molecule has 1 aliphatic heterocycles. The van der Waals surface area contributed by atoms with E-state index in [9.17, 15) is 0 Å². The number of likely N-dealkylation sites (N-methyl/N-ethyl adjacent to an activating group) is 1. The normalized spacial score (nSPS) is 26.6. The SMILES string of the molecule is CN1CC=CCC1(C)C. The lowest BCUT2D eigenvalue weighted by molar-refractivity contribution is 0.167. The zero-order chi connectivity index (χ0) is 6.91. The van der Waals surface area contributed by atoms with Crippen molar-refractivity contribution in [1.29, 1.82) is 0 Å². The van der Waals surface area contributed by atoms with Gasteiger partial charge in [0.1, 0.15) is 0 Å². The van der Waals surface area contributed by atoms with Gasteiger partial charge in [-0.3, -0.25) is 4.90 Å². The van der Waals surface area contributed by atoms with Crippen LogP contribution in [0.2, 0.25) is 0 Å². The van der Waals surface area contributed by atoms with Crippen molar-refractivity contribution in [3.63, 3.8) is 0 Å². The molecule has 0 saturated carbocycles. The van der Waals surface area contributed by atoms with Gasteiger partial charge >= 0.3 is 0 Å². The van der Waals surface area contributed by atoms with Gasteiger partial charge in [0.25, 0.3) is 0 Å². The third-order valence-corrected chi connectivity index (χ3v) is 2.20. The summed E-state index contributed by atoms with van der Waals surface area (Å²) in [6.07, 6.45) is 5.68. The van der Waals surface area contributed by atoms with Crippen LogP contribution in [-0.2, 0) is 0 Å². The van der Waals surface area contributed by atoms with E-state index in [-0.39, 0.29) is 0 Å². The van der Waals surface area contributed by atoms with E-state index >= 15 is 0 Å². The molecule has 0 saturated heterocycles. The zero-order valence-corrected chi connectivity index (χ0v) is 6.52. The van der Waals surface area contributed by atoms with Gasteiger partial charge in [-0.15, -0.1) is 0 Å². The zero-order valence-electron chi connectivity index (χ0n) is 6.52. The van der Waals surface area contributed by atoms with E-state index in [0.717, 1.165) is 6.54 Å². The maximum Gasteiger partial charge on any atom is 0.0187 e. The molecular formula is C8H15N. The number of nitrogens with zero attached hydrogens (tertiary/aromatic N) is 1. The van der Waals surface area contributed by atoms with Gasteiger partial charge < -0.3 is 0 Å². The molecule has 0 amide bonds. The first kappa shape index (κ1) is 6.81. The molecule has 0 aromatic heterocycles. The first-order chi connectivity index (χ1) is 4.13. The molecule has 0 N–H and O–H groups in total. The average Bonchev–Trinajstić information content (AvgIpc) is 1.77. The molecule has 0 spiro atoms. The predicted octanol–water partition coefficient (Wildman–Crippen LogP) is 1.66. The Hall–Kier alpha value is -0.300. The van der Waals surface area contributed by atoms with Gasteiger partial charge in [0.2, 0.25) is 0 Å². The van der Waals surface area contributed by atoms with Crippen molar-refractivity contribution >= 4 is 0 Å². The second-order valence-corrected chi connectivity index (χ2v) is 3.37. The van der Waals surface area contributed by atoms with Crippen LogP contribution in [0.5, 0.6) is 0 Å². The summed E-state index contributed by atoms with van der Waals surface area (Å²) in [5.41, 5.74) is 0.384. The van der Waals surface area contributed by atoms with Crippen LogP contribution in [0.25, 0.3) is 0 Å². The maximum atomic E-state index is 2.37. The monoisotopic (exact) mass is 125 g/mol. The van der Waals surface area contributed by atoms with Crippen molar-refractivity contribution in [3.8, 4) is 0 Å². The Bertz CT molecular complexity index is 125. The topological polar surface area (TPSA) is 3.24 Å². The summed E-state index contributed by atoms with van der Waals surface area (Å²) in [7, 11) is 2.17. The molecule has 9 heavy (non-hydrogen) atoms. The molecule has 1 aliphatic rings. The van der Waals surface area contributed by atoms with Crippen molar-refractivity contribution in [2.24, 2.45) is 0 Å². The minimum absolute atomic E-state index is 0.384. The van der Waals surface area contributed by atoms with Crippen LogP contribution in [0.1, 0.15) is 20.3 Å². The summed E-state index contributed by atoms with van der Waals surface area (Å²) in [6, 6.07) is 0.